The van der Waals surface area contributed by atoms with Crippen LogP contribution in [0.25, 0.3) is 0 Å². The Balaban J connectivity index is 1.95. The molecule has 16 heavy (non-hydrogen) atoms. The van der Waals surface area contributed by atoms with E-state index in [1.807, 2.05) is 0 Å². The Morgan fingerprint density at radius 2 is 2.19 bits per heavy atom. The van der Waals surface area contributed by atoms with Crippen LogP contribution in [0, 0.1) is 6.92 Å². The maximum atomic E-state index is 6.18. The number of hydrogen-bond acceptors (Lipinski definition) is 2. The van der Waals surface area contributed by atoms with Crippen molar-refractivity contribution in [3.05, 3.63) is 57.8 Å². The second kappa shape index (κ2) is 5.28. The Morgan fingerprint density at radius 1 is 1.31 bits per heavy atom. The molecule has 1 aromatic carbocycles. The zero-order valence-corrected chi connectivity index (χ0v) is 10.3. The maximum Gasteiger partial charge on any atom is 0.0298 e. The van der Waals surface area contributed by atoms with Crippen molar-refractivity contribution in [3.63, 3.8) is 0 Å². The smallest absolute Gasteiger partial charge is 0.0298 e. The number of benzene rings is 1. The van der Waals surface area contributed by atoms with Crippen LogP contribution in [-0.4, -0.2) is 0 Å². The average molecular weight is 231 g/mol. The van der Waals surface area contributed by atoms with Crippen LogP contribution in [0.4, 0.5) is 0 Å². The highest BCUT2D eigenvalue weighted by Crippen LogP contribution is 2.18. The molecular formula is C14H17NS. The highest BCUT2D eigenvalue weighted by molar-refractivity contribution is 7.07. The highest BCUT2D eigenvalue weighted by Gasteiger charge is 2.06. The minimum atomic E-state index is 0.153. The van der Waals surface area contributed by atoms with Crippen molar-refractivity contribution >= 4 is 11.3 Å². The van der Waals surface area contributed by atoms with Crippen LogP contribution in [0.2, 0.25) is 0 Å². The Labute approximate surface area is 101 Å². The van der Waals surface area contributed by atoms with Crippen LogP contribution in [0.15, 0.2) is 41.1 Å². The molecule has 0 radical (unpaired) electrons. The molecule has 0 saturated carbocycles. The van der Waals surface area contributed by atoms with Crippen molar-refractivity contribution in [1.82, 2.24) is 0 Å². The predicted molar refractivity (Wildman–Crippen MR) is 70.7 cm³/mol. The summed E-state index contributed by atoms with van der Waals surface area (Å²) in [6, 6.07) is 10.8. The van der Waals surface area contributed by atoms with Gasteiger partial charge >= 0.3 is 0 Å². The third kappa shape index (κ3) is 2.94. The van der Waals surface area contributed by atoms with Gasteiger partial charge in [0.1, 0.15) is 0 Å². The Kier molecular flexibility index (Phi) is 3.75. The predicted octanol–water partition coefficient (Wildman–Crippen LogP) is 3.69. The van der Waals surface area contributed by atoms with E-state index in [4.69, 9.17) is 5.73 Å². The summed E-state index contributed by atoms with van der Waals surface area (Å²) in [5, 5.41) is 4.32. The zero-order chi connectivity index (χ0) is 11.4. The maximum absolute atomic E-state index is 6.18. The lowest BCUT2D eigenvalue weighted by Gasteiger charge is -2.12. The Bertz CT molecular complexity index is 434. The molecule has 84 valence electrons. The van der Waals surface area contributed by atoms with E-state index in [0.29, 0.717) is 0 Å². The van der Waals surface area contributed by atoms with Gasteiger partial charge in [0.2, 0.25) is 0 Å². The minimum Gasteiger partial charge on any atom is -0.324 e. The molecule has 1 aromatic heterocycles. The molecule has 1 heterocycles. The summed E-state index contributed by atoms with van der Waals surface area (Å²) < 4.78 is 0. The SMILES string of the molecule is Cc1cccc(C(N)CCc2ccsc2)c1. The van der Waals surface area contributed by atoms with E-state index in [0.717, 1.165) is 12.8 Å². The van der Waals surface area contributed by atoms with Crippen LogP contribution >= 0.6 is 11.3 Å². The molecule has 0 fully saturated rings. The van der Waals surface area contributed by atoms with Crippen molar-refractivity contribution in [3.8, 4) is 0 Å². The van der Waals surface area contributed by atoms with Crippen LogP contribution in [0.1, 0.15) is 29.2 Å². The first kappa shape index (κ1) is 11.4. The van der Waals surface area contributed by atoms with Gasteiger partial charge in [0.15, 0.2) is 0 Å². The molecule has 0 aliphatic heterocycles. The summed E-state index contributed by atoms with van der Waals surface area (Å²) in [7, 11) is 0. The molecule has 0 bridgehead atoms. The van der Waals surface area contributed by atoms with Crippen molar-refractivity contribution in [2.24, 2.45) is 5.73 Å². The van der Waals surface area contributed by atoms with Gasteiger partial charge in [-0.2, -0.15) is 11.3 Å². The topological polar surface area (TPSA) is 26.0 Å². The van der Waals surface area contributed by atoms with E-state index >= 15 is 0 Å². The lowest BCUT2D eigenvalue weighted by atomic mass is 9.99. The minimum absolute atomic E-state index is 0.153. The standard InChI is InChI=1S/C14H17NS/c1-11-3-2-4-13(9-11)14(15)6-5-12-7-8-16-10-12/h2-4,7-10,14H,5-6,15H2,1H3. The summed E-state index contributed by atoms with van der Waals surface area (Å²) in [6.45, 7) is 2.11. The molecular weight excluding hydrogens is 214 g/mol. The van der Waals surface area contributed by atoms with Crippen molar-refractivity contribution in [1.29, 1.82) is 0 Å². The highest BCUT2D eigenvalue weighted by atomic mass is 32.1. The quantitative estimate of drug-likeness (QED) is 0.853. The van der Waals surface area contributed by atoms with E-state index in [9.17, 15) is 0 Å². The number of hydrogen-bond donors (Lipinski definition) is 1. The van der Waals surface area contributed by atoms with Gasteiger partial charge in [-0.05, 0) is 47.7 Å². The zero-order valence-electron chi connectivity index (χ0n) is 9.52. The van der Waals surface area contributed by atoms with Crippen LogP contribution < -0.4 is 5.73 Å². The summed E-state index contributed by atoms with van der Waals surface area (Å²) in [5.41, 5.74) is 10.1. The fraction of sp³-hybridized carbons (Fsp3) is 0.286. The van der Waals surface area contributed by atoms with Crippen molar-refractivity contribution < 1.29 is 0 Å². The van der Waals surface area contributed by atoms with Gasteiger partial charge in [-0.3, -0.25) is 0 Å². The summed E-state index contributed by atoms with van der Waals surface area (Å²) >= 11 is 1.75. The lowest BCUT2D eigenvalue weighted by molar-refractivity contribution is 0.652. The summed E-state index contributed by atoms with van der Waals surface area (Å²) in [5.74, 6) is 0. The second-order valence-electron chi connectivity index (χ2n) is 4.19. The molecule has 0 spiro atoms. The molecule has 2 rings (SSSR count). The molecule has 2 aromatic rings. The van der Waals surface area contributed by atoms with Gasteiger partial charge < -0.3 is 5.73 Å². The van der Waals surface area contributed by atoms with Crippen LogP contribution in [0.5, 0.6) is 0 Å². The first-order valence-electron chi connectivity index (χ1n) is 5.59. The van der Waals surface area contributed by atoms with Crippen molar-refractivity contribution in [2.75, 3.05) is 0 Å². The van der Waals surface area contributed by atoms with E-state index in [-0.39, 0.29) is 6.04 Å². The molecule has 0 saturated heterocycles. The molecule has 1 nitrogen and oxygen atoms in total. The van der Waals surface area contributed by atoms with Gasteiger partial charge in [-0.25, -0.2) is 0 Å². The van der Waals surface area contributed by atoms with Gasteiger partial charge in [0.25, 0.3) is 0 Å². The molecule has 1 unspecified atom stereocenters. The summed E-state index contributed by atoms with van der Waals surface area (Å²) in [6.07, 6.45) is 2.08. The largest absolute Gasteiger partial charge is 0.324 e. The molecule has 1 atom stereocenters. The monoisotopic (exact) mass is 231 g/mol. The third-order valence-electron chi connectivity index (χ3n) is 2.79. The molecule has 0 aliphatic rings. The molecule has 0 aliphatic carbocycles. The Hall–Kier alpha value is -1.12. The third-order valence-corrected chi connectivity index (χ3v) is 3.53. The van der Waals surface area contributed by atoms with E-state index in [1.54, 1.807) is 11.3 Å². The lowest BCUT2D eigenvalue weighted by Crippen LogP contribution is -2.11. The first-order chi connectivity index (χ1) is 7.75. The molecule has 0 amide bonds. The molecule has 2 heteroatoms. The molecule has 2 N–H and O–H groups in total. The Morgan fingerprint density at radius 3 is 2.88 bits per heavy atom. The first-order valence-corrected chi connectivity index (χ1v) is 6.53. The van der Waals surface area contributed by atoms with Gasteiger partial charge in [-0.15, -0.1) is 0 Å². The fourth-order valence-corrected chi connectivity index (χ4v) is 2.53. The number of nitrogens with two attached hydrogens (primary N) is 1. The number of thiophene rings is 1. The van der Waals surface area contributed by atoms with Gasteiger partial charge in [0, 0.05) is 6.04 Å². The van der Waals surface area contributed by atoms with E-state index in [1.165, 1.54) is 16.7 Å². The van der Waals surface area contributed by atoms with Crippen LogP contribution in [0.3, 0.4) is 0 Å². The number of rotatable bonds is 4. The second-order valence-corrected chi connectivity index (χ2v) is 4.97. The van der Waals surface area contributed by atoms with E-state index in [2.05, 4.69) is 48.0 Å². The summed E-state index contributed by atoms with van der Waals surface area (Å²) in [4.78, 5) is 0. The van der Waals surface area contributed by atoms with Crippen LogP contribution in [-0.2, 0) is 6.42 Å². The fourth-order valence-electron chi connectivity index (χ4n) is 1.82. The van der Waals surface area contributed by atoms with Gasteiger partial charge in [-0.1, -0.05) is 29.8 Å². The van der Waals surface area contributed by atoms with Crippen molar-refractivity contribution in [2.45, 2.75) is 25.8 Å². The average Bonchev–Trinajstić information content (AvgIpc) is 2.78. The van der Waals surface area contributed by atoms with E-state index < -0.39 is 0 Å². The normalized spacial score (nSPS) is 12.6. The number of aryl methyl sites for hydroxylation is 2. The van der Waals surface area contributed by atoms with Gasteiger partial charge in [0.05, 0.1) is 0 Å².